The zero-order valence-electron chi connectivity index (χ0n) is 10.0. The summed E-state index contributed by atoms with van der Waals surface area (Å²) in [5.41, 5.74) is 0.752. The van der Waals surface area contributed by atoms with Crippen LogP contribution in [0.4, 0.5) is 0 Å². The molecule has 0 atom stereocenters. The summed E-state index contributed by atoms with van der Waals surface area (Å²) in [5.74, 6) is 0.314. The molecule has 0 N–H and O–H groups in total. The molecule has 0 bridgehead atoms. The first-order chi connectivity index (χ1) is 8.77. The van der Waals surface area contributed by atoms with E-state index in [1.807, 2.05) is 11.4 Å². The Bertz CT molecular complexity index is 639. The molecule has 0 aliphatic heterocycles. The van der Waals surface area contributed by atoms with Gasteiger partial charge < -0.3 is 0 Å². The van der Waals surface area contributed by atoms with Crippen molar-refractivity contribution < 1.29 is 0 Å². The fourth-order valence-corrected chi connectivity index (χ4v) is 3.11. The van der Waals surface area contributed by atoms with E-state index in [9.17, 15) is 4.79 Å². The topological polar surface area (TPSA) is 58.7 Å². The number of aromatic nitrogens is 2. The lowest BCUT2D eigenvalue weighted by Gasteiger charge is -2.09. The van der Waals surface area contributed by atoms with Crippen LogP contribution < -0.4 is 5.56 Å². The average molecular weight is 279 g/mol. The van der Waals surface area contributed by atoms with E-state index in [-0.39, 0.29) is 5.56 Å². The second-order valence-electron chi connectivity index (χ2n) is 3.79. The van der Waals surface area contributed by atoms with Crippen molar-refractivity contribution in [3.63, 3.8) is 0 Å². The molecule has 0 saturated carbocycles. The summed E-state index contributed by atoms with van der Waals surface area (Å²) in [6, 6.07) is 3.92. The molecular formula is C12H13N3OS2. The molecular weight excluding hydrogens is 266 g/mol. The number of fused-ring (bicyclic) bond motifs is 1. The molecule has 0 amide bonds. The van der Waals surface area contributed by atoms with Gasteiger partial charge in [-0.3, -0.25) is 9.36 Å². The Morgan fingerprint density at radius 3 is 3.17 bits per heavy atom. The van der Waals surface area contributed by atoms with Gasteiger partial charge in [-0.05, 0) is 17.9 Å². The maximum atomic E-state index is 12.3. The van der Waals surface area contributed by atoms with Gasteiger partial charge >= 0.3 is 0 Å². The van der Waals surface area contributed by atoms with E-state index >= 15 is 0 Å². The lowest BCUT2D eigenvalue weighted by Crippen LogP contribution is -2.22. The summed E-state index contributed by atoms with van der Waals surface area (Å²) in [6.07, 6.45) is 1.97. The van der Waals surface area contributed by atoms with Crippen LogP contribution in [0.2, 0.25) is 0 Å². The van der Waals surface area contributed by atoms with Crippen LogP contribution in [0.15, 0.2) is 21.4 Å². The molecule has 18 heavy (non-hydrogen) atoms. The number of thioether (sulfide) groups is 1. The summed E-state index contributed by atoms with van der Waals surface area (Å²) in [6.45, 7) is 2.76. The van der Waals surface area contributed by atoms with Gasteiger partial charge in [-0.2, -0.15) is 5.26 Å². The normalized spacial score (nSPS) is 10.7. The lowest BCUT2D eigenvalue weighted by molar-refractivity contribution is 0.558. The molecule has 0 aliphatic carbocycles. The third-order valence-corrected chi connectivity index (χ3v) is 4.27. The Kier molecular flexibility index (Phi) is 4.39. The smallest absolute Gasteiger partial charge is 0.272 e. The number of nitrogens with zero attached hydrogens (tertiary/aromatic N) is 3. The minimum Gasteiger partial charge on any atom is -0.286 e. The fourth-order valence-electron chi connectivity index (χ4n) is 1.64. The Balaban J connectivity index is 2.50. The Labute approximate surface area is 113 Å². The number of nitriles is 1. The maximum Gasteiger partial charge on any atom is 0.272 e. The predicted octanol–water partition coefficient (Wildman–Crippen LogP) is 2.87. The summed E-state index contributed by atoms with van der Waals surface area (Å²) in [5, 5.41) is 11.2. The van der Waals surface area contributed by atoms with Gasteiger partial charge in [0.15, 0.2) is 5.16 Å². The highest BCUT2D eigenvalue weighted by Crippen LogP contribution is 2.20. The van der Waals surface area contributed by atoms with E-state index in [2.05, 4.69) is 18.0 Å². The van der Waals surface area contributed by atoms with Gasteiger partial charge in [-0.1, -0.05) is 25.1 Å². The summed E-state index contributed by atoms with van der Waals surface area (Å²) < 4.78 is 2.40. The molecule has 0 fully saturated rings. The van der Waals surface area contributed by atoms with Crippen LogP contribution in [0, 0.1) is 11.3 Å². The second-order valence-corrected chi connectivity index (χ2v) is 5.65. The van der Waals surface area contributed by atoms with Gasteiger partial charge in [0.2, 0.25) is 0 Å². The van der Waals surface area contributed by atoms with Crippen molar-refractivity contribution >= 4 is 33.3 Å². The van der Waals surface area contributed by atoms with Crippen molar-refractivity contribution in [2.75, 3.05) is 5.75 Å². The van der Waals surface area contributed by atoms with E-state index in [0.29, 0.717) is 22.2 Å². The highest BCUT2D eigenvalue weighted by atomic mass is 32.2. The summed E-state index contributed by atoms with van der Waals surface area (Å²) in [4.78, 5) is 16.8. The zero-order chi connectivity index (χ0) is 13.0. The Morgan fingerprint density at radius 2 is 2.44 bits per heavy atom. The molecule has 0 radical (unpaired) electrons. The van der Waals surface area contributed by atoms with E-state index in [1.165, 1.54) is 23.1 Å². The molecule has 2 rings (SSSR count). The molecule has 2 heterocycles. The van der Waals surface area contributed by atoms with Crippen molar-refractivity contribution in [3.05, 3.63) is 21.8 Å². The number of unbranched alkanes of at least 4 members (excludes halogenated alkanes) is 1. The maximum absolute atomic E-state index is 12.3. The molecule has 2 aromatic rings. The SMILES string of the molecule is CCCCn1c(SCC#N)nc2ccsc2c1=O. The highest BCUT2D eigenvalue weighted by molar-refractivity contribution is 7.99. The first-order valence-corrected chi connectivity index (χ1v) is 7.62. The molecule has 0 aromatic carbocycles. The van der Waals surface area contributed by atoms with Crippen LogP contribution in [0.3, 0.4) is 0 Å². The monoisotopic (exact) mass is 279 g/mol. The second kappa shape index (κ2) is 6.03. The van der Waals surface area contributed by atoms with Crippen molar-refractivity contribution in [2.45, 2.75) is 31.5 Å². The minimum atomic E-state index is 0.0175. The van der Waals surface area contributed by atoms with Gasteiger partial charge in [0.05, 0.1) is 17.3 Å². The molecule has 4 nitrogen and oxygen atoms in total. The third kappa shape index (κ3) is 2.57. The first-order valence-electron chi connectivity index (χ1n) is 5.75. The van der Waals surface area contributed by atoms with E-state index < -0.39 is 0 Å². The molecule has 94 valence electrons. The van der Waals surface area contributed by atoms with Gasteiger partial charge in [0.1, 0.15) is 4.70 Å². The molecule has 0 unspecified atom stereocenters. The number of hydrogen-bond donors (Lipinski definition) is 0. The lowest BCUT2D eigenvalue weighted by atomic mass is 10.3. The van der Waals surface area contributed by atoms with E-state index in [4.69, 9.17) is 5.26 Å². The molecule has 2 aromatic heterocycles. The third-order valence-electron chi connectivity index (χ3n) is 2.53. The Morgan fingerprint density at radius 1 is 1.61 bits per heavy atom. The van der Waals surface area contributed by atoms with Crippen molar-refractivity contribution in [3.8, 4) is 6.07 Å². The van der Waals surface area contributed by atoms with Crippen LogP contribution in [0.5, 0.6) is 0 Å². The van der Waals surface area contributed by atoms with Gasteiger partial charge in [-0.25, -0.2) is 4.98 Å². The molecule has 0 spiro atoms. The summed E-state index contributed by atoms with van der Waals surface area (Å²) in [7, 11) is 0. The van der Waals surface area contributed by atoms with Crippen LogP contribution in [-0.4, -0.2) is 15.3 Å². The highest BCUT2D eigenvalue weighted by Gasteiger charge is 2.11. The van der Waals surface area contributed by atoms with Crippen molar-refractivity contribution in [1.82, 2.24) is 9.55 Å². The van der Waals surface area contributed by atoms with Crippen molar-refractivity contribution in [2.24, 2.45) is 0 Å². The van der Waals surface area contributed by atoms with Gasteiger partial charge in [0.25, 0.3) is 5.56 Å². The minimum absolute atomic E-state index is 0.0175. The largest absolute Gasteiger partial charge is 0.286 e. The average Bonchev–Trinajstić information content (AvgIpc) is 2.84. The first kappa shape index (κ1) is 13.1. The number of thiophene rings is 1. The van der Waals surface area contributed by atoms with Gasteiger partial charge in [-0.15, -0.1) is 11.3 Å². The van der Waals surface area contributed by atoms with Crippen LogP contribution >= 0.6 is 23.1 Å². The predicted molar refractivity (Wildman–Crippen MR) is 75.1 cm³/mol. The van der Waals surface area contributed by atoms with Gasteiger partial charge in [0, 0.05) is 6.54 Å². The van der Waals surface area contributed by atoms with Crippen LogP contribution in [0.1, 0.15) is 19.8 Å². The number of rotatable bonds is 5. The van der Waals surface area contributed by atoms with Crippen molar-refractivity contribution in [1.29, 1.82) is 5.26 Å². The molecule has 0 aliphatic rings. The van der Waals surface area contributed by atoms with E-state index in [1.54, 1.807) is 4.57 Å². The van der Waals surface area contributed by atoms with Crippen LogP contribution in [-0.2, 0) is 6.54 Å². The quantitative estimate of drug-likeness (QED) is 0.624. The Hall–Kier alpha value is -1.32. The molecule has 6 heteroatoms. The summed E-state index contributed by atoms with van der Waals surface area (Å²) >= 11 is 2.75. The number of hydrogen-bond acceptors (Lipinski definition) is 5. The van der Waals surface area contributed by atoms with E-state index in [0.717, 1.165) is 18.4 Å². The zero-order valence-corrected chi connectivity index (χ0v) is 11.7. The molecule has 0 saturated heterocycles. The van der Waals surface area contributed by atoms with Crippen LogP contribution in [0.25, 0.3) is 10.2 Å². The fraction of sp³-hybridized carbons (Fsp3) is 0.417. The standard InChI is InChI=1S/C12H13N3OS2/c1-2-3-6-15-11(16)10-9(4-7-17-10)14-12(15)18-8-5-13/h4,7H,2-3,6,8H2,1H3.